The molecule has 0 spiro atoms. The maximum Gasteiger partial charge on any atom is 0.220 e. The highest BCUT2D eigenvalue weighted by molar-refractivity contribution is 5.76. The molecule has 2 rings (SSSR count). The second-order valence-corrected chi connectivity index (χ2v) is 5.44. The van der Waals surface area contributed by atoms with Gasteiger partial charge in [0.05, 0.1) is 6.04 Å². The Labute approximate surface area is 138 Å². The molecule has 0 aliphatic rings. The van der Waals surface area contributed by atoms with Crippen molar-refractivity contribution in [2.24, 2.45) is 0 Å². The van der Waals surface area contributed by atoms with E-state index < -0.39 is 0 Å². The number of carbonyl (C=O) groups is 1. The molecule has 1 N–H and O–H groups in total. The maximum atomic E-state index is 11.9. The number of rotatable bonds is 7. The maximum absolute atomic E-state index is 11.9. The van der Waals surface area contributed by atoms with Crippen LogP contribution in [0.5, 0.6) is 0 Å². The molecule has 1 unspecified atom stereocenters. The van der Waals surface area contributed by atoms with Crippen molar-refractivity contribution in [3.8, 4) is 0 Å². The Morgan fingerprint density at radius 2 is 1.65 bits per heavy atom. The molecule has 0 fully saturated rings. The highest BCUT2D eigenvalue weighted by Crippen LogP contribution is 2.11. The fourth-order valence-corrected chi connectivity index (χ4v) is 2.26. The number of nitrogens with one attached hydrogen (secondary N) is 1. The average Bonchev–Trinajstić information content (AvgIpc) is 2.59. The van der Waals surface area contributed by atoms with Gasteiger partial charge < -0.3 is 5.32 Å². The van der Waals surface area contributed by atoms with E-state index in [1.54, 1.807) is 0 Å². The van der Waals surface area contributed by atoms with Crippen molar-refractivity contribution in [2.75, 3.05) is 0 Å². The van der Waals surface area contributed by atoms with Gasteiger partial charge in [-0.05, 0) is 24.5 Å². The first-order valence-corrected chi connectivity index (χ1v) is 7.98. The molecular formula is C21H23NO. The molecule has 2 aromatic rings. The molecule has 23 heavy (non-hydrogen) atoms. The molecule has 0 saturated carbocycles. The zero-order valence-corrected chi connectivity index (χ0v) is 13.5. The Morgan fingerprint density at radius 3 is 2.35 bits per heavy atom. The first-order chi connectivity index (χ1) is 11.3. The number of amides is 1. The van der Waals surface area contributed by atoms with E-state index in [2.05, 4.69) is 17.4 Å². The van der Waals surface area contributed by atoms with Crippen LogP contribution in [0.2, 0.25) is 0 Å². The van der Waals surface area contributed by atoms with E-state index >= 15 is 0 Å². The minimum Gasteiger partial charge on any atom is -0.350 e. The topological polar surface area (TPSA) is 29.1 Å². The minimum atomic E-state index is 0.0469. The van der Waals surface area contributed by atoms with E-state index in [1.807, 2.05) is 79.8 Å². The molecule has 1 atom stereocenters. The Hall–Kier alpha value is -2.61. The van der Waals surface area contributed by atoms with Gasteiger partial charge in [0, 0.05) is 6.42 Å². The van der Waals surface area contributed by atoms with Gasteiger partial charge in [-0.2, -0.15) is 0 Å². The van der Waals surface area contributed by atoms with Gasteiger partial charge in [0.15, 0.2) is 0 Å². The van der Waals surface area contributed by atoms with Crippen LogP contribution in [0, 0.1) is 0 Å². The van der Waals surface area contributed by atoms with Crippen molar-refractivity contribution in [1.29, 1.82) is 0 Å². The standard InChI is InChI=1S/C21H23NO/c1-18(20-15-9-5-10-16-20)22-21(23)17-11-3-2-6-12-19-13-7-4-8-14-19/h2-10,12-16,18H,11,17H2,1H3,(H,22,23)/b3-2-,12-6+. The Morgan fingerprint density at radius 1 is 1.00 bits per heavy atom. The highest BCUT2D eigenvalue weighted by Gasteiger charge is 2.07. The normalized spacial score (nSPS) is 12.6. The van der Waals surface area contributed by atoms with E-state index in [1.165, 1.54) is 5.56 Å². The molecule has 2 aromatic carbocycles. The fraction of sp³-hybridized carbons (Fsp3) is 0.190. The molecule has 1 amide bonds. The summed E-state index contributed by atoms with van der Waals surface area (Å²) in [4.78, 5) is 11.9. The average molecular weight is 305 g/mol. The van der Waals surface area contributed by atoms with E-state index in [0.29, 0.717) is 6.42 Å². The third kappa shape index (κ3) is 6.35. The monoisotopic (exact) mass is 305 g/mol. The molecule has 0 aromatic heterocycles. The lowest BCUT2D eigenvalue weighted by Gasteiger charge is -2.13. The van der Waals surface area contributed by atoms with Crippen molar-refractivity contribution in [3.05, 3.63) is 90.0 Å². The van der Waals surface area contributed by atoms with Gasteiger partial charge in [-0.25, -0.2) is 0 Å². The first kappa shape index (κ1) is 16.8. The van der Waals surface area contributed by atoms with Gasteiger partial charge in [-0.15, -0.1) is 0 Å². The summed E-state index contributed by atoms with van der Waals surface area (Å²) in [6.07, 6.45) is 9.31. The smallest absolute Gasteiger partial charge is 0.220 e. The third-order valence-corrected chi connectivity index (χ3v) is 3.55. The summed E-state index contributed by atoms with van der Waals surface area (Å²) < 4.78 is 0. The Kier molecular flexibility index (Phi) is 6.86. The van der Waals surface area contributed by atoms with Crippen molar-refractivity contribution in [1.82, 2.24) is 5.32 Å². The number of carbonyl (C=O) groups excluding carboxylic acids is 1. The van der Waals surface area contributed by atoms with Crippen molar-refractivity contribution >= 4 is 12.0 Å². The molecule has 2 nitrogen and oxygen atoms in total. The fourth-order valence-electron chi connectivity index (χ4n) is 2.26. The quantitative estimate of drug-likeness (QED) is 0.723. The van der Waals surface area contributed by atoms with Crippen LogP contribution in [0.3, 0.4) is 0 Å². The Balaban J connectivity index is 1.68. The summed E-state index contributed by atoms with van der Waals surface area (Å²) in [5.41, 5.74) is 2.30. The molecule has 118 valence electrons. The summed E-state index contributed by atoms with van der Waals surface area (Å²) in [6.45, 7) is 2.01. The Bertz CT molecular complexity index is 644. The molecule has 0 saturated heterocycles. The minimum absolute atomic E-state index is 0.0469. The lowest BCUT2D eigenvalue weighted by Crippen LogP contribution is -2.26. The zero-order valence-electron chi connectivity index (χ0n) is 13.5. The van der Waals surface area contributed by atoms with Crippen LogP contribution in [0.25, 0.3) is 6.08 Å². The van der Waals surface area contributed by atoms with Crippen LogP contribution in [0.4, 0.5) is 0 Å². The van der Waals surface area contributed by atoms with Gasteiger partial charge in [-0.3, -0.25) is 4.79 Å². The third-order valence-electron chi connectivity index (χ3n) is 3.55. The van der Waals surface area contributed by atoms with E-state index in [-0.39, 0.29) is 11.9 Å². The predicted octanol–water partition coefficient (Wildman–Crippen LogP) is 4.91. The SMILES string of the molecule is CC(NC(=O)CC/C=C\C=C\c1ccccc1)c1ccccc1. The highest BCUT2D eigenvalue weighted by atomic mass is 16.1. The van der Waals surface area contributed by atoms with Gasteiger partial charge in [0.25, 0.3) is 0 Å². The number of benzene rings is 2. The van der Waals surface area contributed by atoms with Crippen LogP contribution in [0.15, 0.2) is 78.9 Å². The van der Waals surface area contributed by atoms with Crippen LogP contribution < -0.4 is 5.32 Å². The van der Waals surface area contributed by atoms with E-state index in [0.717, 1.165) is 12.0 Å². The van der Waals surface area contributed by atoms with Crippen LogP contribution in [-0.2, 0) is 4.79 Å². The second-order valence-electron chi connectivity index (χ2n) is 5.44. The summed E-state index contributed by atoms with van der Waals surface area (Å²) in [7, 11) is 0. The molecule has 0 heterocycles. The lowest BCUT2D eigenvalue weighted by atomic mass is 10.1. The van der Waals surface area contributed by atoms with Crippen molar-refractivity contribution < 1.29 is 4.79 Å². The lowest BCUT2D eigenvalue weighted by molar-refractivity contribution is -0.121. The van der Waals surface area contributed by atoms with Gasteiger partial charge in [0.1, 0.15) is 0 Å². The number of hydrogen-bond donors (Lipinski definition) is 1. The largest absolute Gasteiger partial charge is 0.350 e. The molecule has 0 radical (unpaired) electrons. The van der Waals surface area contributed by atoms with Crippen LogP contribution >= 0.6 is 0 Å². The summed E-state index contributed by atoms with van der Waals surface area (Å²) in [6, 6.07) is 20.2. The first-order valence-electron chi connectivity index (χ1n) is 7.98. The number of hydrogen-bond acceptors (Lipinski definition) is 1. The molecule has 2 heteroatoms. The summed E-state index contributed by atoms with van der Waals surface area (Å²) >= 11 is 0. The van der Waals surface area contributed by atoms with Crippen LogP contribution in [-0.4, -0.2) is 5.91 Å². The van der Waals surface area contributed by atoms with Crippen LogP contribution in [0.1, 0.15) is 36.9 Å². The van der Waals surface area contributed by atoms with E-state index in [9.17, 15) is 4.79 Å². The molecule has 0 aliphatic heterocycles. The van der Waals surface area contributed by atoms with Gasteiger partial charge in [0.2, 0.25) is 5.91 Å². The summed E-state index contributed by atoms with van der Waals surface area (Å²) in [5.74, 6) is 0.0815. The molecular weight excluding hydrogens is 282 g/mol. The van der Waals surface area contributed by atoms with E-state index in [4.69, 9.17) is 0 Å². The van der Waals surface area contributed by atoms with Crippen molar-refractivity contribution in [2.45, 2.75) is 25.8 Å². The predicted molar refractivity (Wildman–Crippen MR) is 96.8 cm³/mol. The zero-order chi connectivity index (χ0) is 16.3. The molecule has 0 bridgehead atoms. The second kappa shape index (κ2) is 9.42. The summed E-state index contributed by atoms with van der Waals surface area (Å²) in [5, 5.41) is 3.02. The molecule has 0 aliphatic carbocycles. The number of allylic oxidation sites excluding steroid dienone is 3. The van der Waals surface area contributed by atoms with Crippen molar-refractivity contribution in [3.63, 3.8) is 0 Å². The van der Waals surface area contributed by atoms with Gasteiger partial charge >= 0.3 is 0 Å². The van der Waals surface area contributed by atoms with Gasteiger partial charge in [-0.1, -0.05) is 85.0 Å².